The summed E-state index contributed by atoms with van der Waals surface area (Å²) in [7, 11) is 0. The Morgan fingerprint density at radius 1 is 1.35 bits per heavy atom. The third kappa shape index (κ3) is 4.93. The number of aromatic nitrogens is 2. The van der Waals surface area contributed by atoms with Gasteiger partial charge in [-0.05, 0) is 6.92 Å². The van der Waals surface area contributed by atoms with Crippen molar-refractivity contribution in [3.63, 3.8) is 0 Å². The molecule has 1 aliphatic heterocycles. The minimum Gasteiger partial charge on any atom is -0.354 e. The minimum absolute atomic E-state index is 0.0172. The Kier molecular flexibility index (Phi) is 5.94. The van der Waals surface area contributed by atoms with Gasteiger partial charge in [0.15, 0.2) is 0 Å². The molecule has 1 saturated heterocycles. The van der Waals surface area contributed by atoms with E-state index in [1.54, 1.807) is 0 Å². The SMILES string of the molecule is C#CCNC(=O)CN1CCN(c2cc(C)nc(C(C)C)n2)CC1. The van der Waals surface area contributed by atoms with Gasteiger partial charge in [-0.3, -0.25) is 9.69 Å². The van der Waals surface area contributed by atoms with Gasteiger partial charge in [-0.2, -0.15) is 0 Å². The van der Waals surface area contributed by atoms with Crippen LogP contribution >= 0.6 is 0 Å². The number of hydrogen-bond acceptors (Lipinski definition) is 5. The Morgan fingerprint density at radius 3 is 2.65 bits per heavy atom. The van der Waals surface area contributed by atoms with E-state index in [4.69, 9.17) is 6.42 Å². The fraction of sp³-hybridized carbons (Fsp3) is 0.588. The molecule has 0 spiro atoms. The van der Waals surface area contributed by atoms with Crippen molar-refractivity contribution >= 4 is 11.7 Å². The predicted octanol–water partition coefficient (Wildman–Crippen LogP) is 0.780. The quantitative estimate of drug-likeness (QED) is 0.814. The van der Waals surface area contributed by atoms with Crippen molar-refractivity contribution in [1.82, 2.24) is 20.2 Å². The molecular formula is C17H25N5O. The molecule has 1 N–H and O–H groups in total. The van der Waals surface area contributed by atoms with E-state index >= 15 is 0 Å². The molecule has 1 aromatic heterocycles. The van der Waals surface area contributed by atoms with Crippen LogP contribution in [0.25, 0.3) is 0 Å². The van der Waals surface area contributed by atoms with E-state index in [1.807, 2.05) is 13.0 Å². The smallest absolute Gasteiger partial charge is 0.234 e. The highest BCUT2D eigenvalue weighted by Gasteiger charge is 2.20. The summed E-state index contributed by atoms with van der Waals surface area (Å²) in [6, 6.07) is 2.03. The Hall–Kier alpha value is -2.13. The number of amides is 1. The number of aryl methyl sites for hydroxylation is 1. The number of terminal acetylenes is 1. The summed E-state index contributed by atoms with van der Waals surface area (Å²) in [6.45, 7) is 10.3. The second-order valence-electron chi connectivity index (χ2n) is 6.12. The molecule has 1 fully saturated rings. The summed E-state index contributed by atoms with van der Waals surface area (Å²) in [6.07, 6.45) is 5.14. The van der Waals surface area contributed by atoms with E-state index in [2.05, 4.69) is 44.9 Å². The predicted molar refractivity (Wildman–Crippen MR) is 91.4 cm³/mol. The average Bonchev–Trinajstić information content (AvgIpc) is 2.53. The normalized spacial score (nSPS) is 15.5. The van der Waals surface area contributed by atoms with Crippen molar-refractivity contribution in [3.05, 3.63) is 17.6 Å². The minimum atomic E-state index is -0.0172. The van der Waals surface area contributed by atoms with Crippen molar-refractivity contribution < 1.29 is 4.79 Å². The van der Waals surface area contributed by atoms with Gasteiger partial charge in [0.2, 0.25) is 5.91 Å². The van der Waals surface area contributed by atoms with Gasteiger partial charge >= 0.3 is 0 Å². The second-order valence-corrected chi connectivity index (χ2v) is 6.12. The zero-order chi connectivity index (χ0) is 16.8. The summed E-state index contributed by atoms with van der Waals surface area (Å²) in [5.41, 5.74) is 0.995. The molecule has 0 saturated carbocycles. The van der Waals surface area contributed by atoms with Crippen LogP contribution in [0.2, 0.25) is 0 Å². The third-order valence-corrected chi connectivity index (χ3v) is 3.83. The van der Waals surface area contributed by atoms with Crippen LogP contribution in [0, 0.1) is 19.3 Å². The lowest BCUT2D eigenvalue weighted by molar-refractivity contribution is -0.122. The average molecular weight is 315 g/mol. The molecule has 1 amide bonds. The highest BCUT2D eigenvalue weighted by atomic mass is 16.2. The van der Waals surface area contributed by atoms with E-state index in [1.165, 1.54) is 0 Å². The Bertz CT molecular complexity index is 585. The number of nitrogens with one attached hydrogen (secondary N) is 1. The summed E-state index contributed by atoms with van der Waals surface area (Å²) >= 11 is 0. The molecule has 1 aliphatic rings. The van der Waals surface area contributed by atoms with Crippen LogP contribution in [-0.4, -0.2) is 60.0 Å². The Morgan fingerprint density at radius 2 is 2.04 bits per heavy atom. The molecule has 0 aliphatic carbocycles. The molecule has 0 radical (unpaired) electrons. The number of carbonyl (C=O) groups is 1. The van der Waals surface area contributed by atoms with Crippen molar-refractivity contribution in [3.8, 4) is 12.3 Å². The largest absolute Gasteiger partial charge is 0.354 e. The molecule has 0 unspecified atom stereocenters. The molecule has 23 heavy (non-hydrogen) atoms. The molecule has 2 rings (SSSR count). The van der Waals surface area contributed by atoms with E-state index in [0.29, 0.717) is 12.5 Å². The zero-order valence-electron chi connectivity index (χ0n) is 14.2. The highest BCUT2D eigenvalue weighted by Crippen LogP contribution is 2.18. The molecule has 124 valence electrons. The molecule has 2 heterocycles. The van der Waals surface area contributed by atoms with Crippen LogP contribution in [0.5, 0.6) is 0 Å². The first-order valence-corrected chi connectivity index (χ1v) is 8.02. The molecule has 6 heteroatoms. The lowest BCUT2D eigenvalue weighted by Crippen LogP contribution is -2.49. The van der Waals surface area contributed by atoms with Gasteiger partial charge in [0, 0.05) is 43.9 Å². The number of carbonyl (C=O) groups excluding carboxylic acids is 1. The van der Waals surface area contributed by atoms with E-state index in [-0.39, 0.29) is 12.5 Å². The number of rotatable bonds is 5. The first-order chi connectivity index (χ1) is 11.0. The third-order valence-electron chi connectivity index (χ3n) is 3.83. The van der Waals surface area contributed by atoms with Gasteiger partial charge in [0.1, 0.15) is 11.6 Å². The van der Waals surface area contributed by atoms with Gasteiger partial charge in [0.05, 0.1) is 13.1 Å². The maximum absolute atomic E-state index is 11.7. The van der Waals surface area contributed by atoms with E-state index in [9.17, 15) is 4.79 Å². The van der Waals surface area contributed by atoms with Crippen molar-refractivity contribution in [2.75, 3.05) is 44.2 Å². The first kappa shape index (κ1) is 17.2. The standard InChI is InChI=1S/C17H25N5O/c1-5-6-18-16(23)12-21-7-9-22(10-8-21)15-11-14(4)19-17(20-15)13(2)3/h1,11,13H,6-10,12H2,2-4H3,(H,18,23). The van der Waals surface area contributed by atoms with Crippen molar-refractivity contribution in [1.29, 1.82) is 0 Å². The van der Waals surface area contributed by atoms with Crippen LogP contribution in [0.3, 0.4) is 0 Å². The van der Waals surface area contributed by atoms with Crippen LogP contribution in [0.15, 0.2) is 6.07 Å². The fourth-order valence-electron chi connectivity index (χ4n) is 2.54. The van der Waals surface area contributed by atoms with Crippen LogP contribution in [0.4, 0.5) is 5.82 Å². The van der Waals surface area contributed by atoms with Gasteiger partial charge in [-0.15, -0.1) is 6.42 Å². The van der Waals surface area contributed by atoms with Crippen molar-refractivity contribution in [2.24, 2.45) is 0 Å². The van der Waals surface area contributed by atoms with Crippen molar-refractivity contribution in [2.45, 2.75) is 26.7 Å². The number of nitrogens with zero attached hydrogens (tertiary/aromatic N) is 4. The first-order valence-electron chi connectivity index (χ1n) is 8.02. The summed E-state index contributed by atoms with van der Waals surface area (Å²) in [4.78, 5) is 25.3. The summed E-state index contributed by atoms with van der Waals surface area (Å²) in [5, 5.41) is 2.70. The molecule has 1 aromatic rings. The van der Waals surface area contributed by atoms with E-state index < -0.39 is 0 Å². The topological polar surface area (TPSA) is 61.4 Å². The number of anilines is 1. The maximum Gasteiger partial charge on any atom is 0.234 e. The molecular weight excluding hydrogens is 290 g/mol. The molecule has 0 atom stereocenters. The fourth-order valence-corrected chi connectivity index (χ4v) is 2.54. The van der Waals surface area contributed by atoms with Crippen LogP contribution in [-0.2, 0) is 4.79 Å². The molecule has 6 nitrogen and oxygen atoms in total. The lowest BCUT2D eigenvalue weighted by atomic mass is 10.2. The highest BCUT2D eigenvalue weighted by molar-refractivity contribution is 5.78. The molecule has 0 bridgehead atoms. The number of hydrogen-bond donors (Lipinski definition) is 1. The van der Waals surface area contributed by atoms with Gasteiger partial charge in [-0.25, -0.2) is 9.97 Å². The van der Waals surface area contributed by atoms with Crippen LogP contribution < -0.4 is 10.2 Å². The second kappa shape index (κ2) is 7.93. The van der Waals surface area contributed by atoms with Gasteiger partial charge in [-0.1, -0.05) is 19.8 Å². The van der Waals surface area contributed by atoms with E-state index in [0.717, 1.165) is 43.5 Å². The maximum atomic E-state index is 11.7. The molecule has 0 aromatic carbocycles. The summed E-state index contributed by atoms with van der Waals surface area (Å²) in [5.74, 6) is 4.58. The van der Waals surface area contributed by atoms with Gasteiger partial charge in [0.25, 0.3) is 0 Å². The van der Waals surface area contributed by atoms with Gasteiger partial charge < -0.3 is 10.2 Å². The van der Waals surface area contributed by atoms with Crippen LogP contribution in [0.1, 0.15) is 31.3 Å². The lowest BCUT2D eigenvalue weighted by Gasteiger charge is -2.35. The monoisotopic (exact) mass is 315 g/mol. The zero-order valence-corrected chi connectivity index (χ0v) is 14.2. The Balaban J connectivity index is 1.92. The summed E-state index contributed by atoms with van der Waals surface area (Å²) < 4.78 is 0. The Labute approximate surface area is 138 Å². The number of piperazine rings is 1.